The Bertz CT molecular complexity index is 959. The molecule has 144 valence electrons. The number of piperidine rings is 1. The van der Waals surface area contributed by atoms with Crippen LogP contribution >= 0.6 is 0 Å². The van der Waals surface area contributed by atoms with Crippen molar-refractivity contribution in [2.24, 2.45) is 0 Å². The number of rotatable bonds is 5. The molecule has 1 saturated heterocycles. The maximum absolute atomic E-state index is 13.1. The molecule has 1 aliphatic heterocycles. The highest BCUT2D eigenvalue weighted by Crippen LogP contribution is 2.21. The summed E-state index contributed by atoms with van der Waals surface area (Å²) in [4.78, 5) is 22.8. The average Bonchev–Trinajstić information content (AvgIpc) is 2.74. The number of ether oxygens (including phenoxy) is 1. The summed E-state index contributed by atoms with van der Waals surface area (Å²) in [6, 6.07) is 13.9. The number of carbonyl (C=O) groups is 1. The van der Waals surface area contributed by atoms with Gasteiger partial charge in [-0.25, -0.2) is 14.4 Å². The maximum atomic E-state index is 13.1. The predicted molar refractivity (Wildman–Crippen MR) is 105 cm³/mol. The molecule has 28 heavy (non-hydrogen) atoms. The first kappa shape index (κ1) is 18.2. The number of amides is 1. The number of fused-ring (bicyclic) bond motifs is 1. The van der Waals surface area contributed by atoms with E-state index in [2.05, 4.69) is 15.3 Å². The smallest absolute Gasteiger partial charge is 0.260 e. The lowest BCUT2D eigenvalue weighted by atomic mass is 10.1. The molecule has 2 aromatic carbocycles. The lowest BCUT2D eigenvalue weighted by molar-refractivity contribution is -0.134. The van der Waals surface area contributed by atoms with E-state index in [9.17, 15) is 9.18 Å². The zero-order valence-corrected chi connectivity index (χ0v) is 15.3. The van der Waals surface area contributed by atoms with E-state index in [-0.39, 0.29) is 24.4 Å². The molecule has 0 spiro atoms. The van der Waals surface area contributed by atoms with Gasteiger partial charge in [-0.05, 0) is 49.2 Å². The van der Waals surface area contributed by atoms with Crippen LogP contribution in [0.4, 0.5) is 10.1 Å². The number of anilines is 1. The van der Waals surface area contributed by atoms with E-state index in [4.69, 9.17) is 4.74 Å². The second kappa shape index (κ2) is 8.21. The summed E-state index contributed by atoms with van der Waals surface area (Å²) in [7, 11) is 0. The Labute approximate surface area is 162 Å². The Hall–Kier alpha value is -3.22. The molecule has 1 fully saturated rings. The van der Waals surface area contributed by atoms with E-state index < -0.39 is 0 Å². The lowest BCUT2D eigenvalue weighted by Crippen LogP contribution is -2.46. The molecule has 0 saturated carbocycles. The van der Waals surface area contributed by atoms with Crippen molar-refractivity contribution >= 4 is 22.5 Å². The third-order valence-corrected chi connectivity index (χ3v) is 4.83. The molecule has 1 amide bonds. The number of nitrogens with zero attached hydrogens (tertiary/aromatic N) is 3. The first-order chi connectivity index (χ1) is 13.7. The van der Waals surface area contributed by atoms with Gasteiger partial charge in [0.1, 0.15) is 12.1 Å². The highest BCUT2D eigenvalue weighted by atomic mass is 19.1. The zero-order chi connectivity index (χ0) is 19.3. The van der Waals surface area contributed by atoms with Crippen LogP contribution in [-0.4, -0.2) is 46.5 Å². The number of hydrogen-bond acceptors (Lipinski definition) is 5. The number of benzene rings is 2. The van der Waals surface area contributed by atoms with Gasteiger partial charge in [-0.3, -0.25) is 4.79 Å². The summed E-state index contributed by atoms with van der Waals surface area (Å²) < 4.78 is 18.7. The van der Waals surface area contributed by atoms with Gasteiger partial charge in [0.15, 0.2) is 6.61 Å². The van der Waals surface area contributed by atoms with Crippen molar-refractivity contribution < 1.29 is 13.9 Å². The number of para-hydroxylation sites is 1. The lowest BCUT2D eigenvalue weighted by Gasteiger charge is -2.33. The van der Waals surface area contributed by atoms with Crippen molar-refractivity contribution in [2.45, 2.75) is 18.9 Å². The largest absolute Gasteiger partial charge is 0.467 e. The van der Waals surface area contributed by atoms with Gasteiger partial charge in [0.25, 0.3) is 5.91 Å². The summed E-state index contributed by atoms with van der Waals surface area (Å²) >= 11 is 0. The van der Waals surface area contributed by atoms with Gasteiger partial charge >= 0.3 is 0 Å². The molecule has 7 heteroatoms. The van der Waals surface area contributed by atoms with Crippen LogP contribution in [0.3, 0.4) is 0 Å². The Morgan fingerprint density at radius 2 is 2.00 bits per heavy atom. The summed E-state index contributed by atoms with van der Waals surface area (Å²) in [6.45, 7) is 1.22. The van der Waals surface area contributed by atoms with Gasteiger partial charge in [-0.1, -0.05) is 12.1 Å². The number of likely N-dealkylation sites (tertiary alicyclic amines) is 1. The molecule has 0 bridgehead atoms. The summed E-state index contributed by atoms with van der Waals surface area (Å²) in [6.07, 6.45) is 3.30. The predicted octanol–water partition coefficient (Wildman–Crippen LogP) is 3.25. The Balaban J connectivity index is 1.35. The number of aromatic nitrogens is 2. The van der Waals surface area contributed by atoms with E-state index in [0.717, 1.165) is 29.4 Å². The molecular formula is C21H21FN4O2. The monoisotopic (exact) mass is 380 g/mol. The number of carbonyl (C=O) groups excluding carboxylic acids is 1. The Morgan fingerprint density at radius 1 is 1.18 bits per heavy atom. The Morgan fingerprint density at radius 3 is 2.86 bits per heavy atom. The molecule has 3 aromatic rings. The third-order valence-electron chi connectivity index (χ3n) is 4.83. The standard InChI is InChI=1S/C21H21FN4O2/c22-15-7-9-16(10-8-15)25-17-4-3-11-26(12-17)20(27)13-28-21-18-5-1-2-6-19(18)23-14-24-21/h1-2,5-10,14,17,25H,3-4,11-13H2/t17-/m1/s1. The fourth-order valence-electron chi connectivity index (χ4n) is 3.42. The van der Waals surface area contributed by atoms with E-state index in [0.29, 0.717) is 19.0 Å². The summed E-state index contributed by atoms with van der Waals surface area (Å²) in [5, 5.41) is 4.15. The van der Waals surface area contributed by atoms with E-state index in [1.165, 1.54) is 18.5 Å². The van der Waals surface area contributed by atoms with Crippen LogP contribution in [0.15, 0.2) is 54.9 Å². The topological polar surface area (TPSA) is 67.3 Å². The van der Waals surface area contributed by atoms with E-state index in [1.54, 1.807) is 17.0 Å². The first-order valence-electron chi connectivity index (χ1n) is 9.31. The molecule has 2 heterocycles. The molecule has 1 aromatic heterocycles. The first-order valence-corrected chi connectivity index (χ1v) is 9.31. The molecule has 4 rings (SSSR count). The molecule has 1 atom stereocenters. The van der Waals surface area contributed by atoms with Gasteiger partial charge < -0.3 is 15.0 Å². The third kappa shape index (κ3) is 4.19. The molecule has 6 nitrogen and oxygen atoms in total. The summed E-state index contributed by atoms with van der Waals surface area (Å²) in [5.41, 5.74) is 1.63. The Kier molecular flexibility index (Phi) is 5.32. The number of hydrogen-bond donors (Lipinski definition) is 1. The minimum Gasteiger partial charge on any atom is -0.467 e. The van der Waals surface area contributed by atoms with Crippen molar-refractivity contribution in [3.63, 3.8) is 0 Å². The van der Waals surface area contributed by atoms with Crippen LogP contribution in [0.2, 0.25) is 0 Å². The molecule has 1 N–H and O–H groups in total. The fraction of sp³-hybridized carbons (Fsp3) is 0.286. The van der Waals surface area contributed by atoms with Crippen molar-refractivity contribution in [3.8, 4) is 5.88 Å². The van der Waals surface area contributed by atoms with Crippen molar-refractivity contribution in [2.75, 3.05) is 25.0 Å². The summed E-state index contributed by atoms with van der Waals surface area (Å²) in [5.74, 6) is 0.0747. The zero-order valence-electron chi connectivity index (χ0n) is 15.3. The van der Waals surface area contributed by atoms with Crippen molar-refractivity contribution in [3.05, 3.63) is 60.7 Å². The average molecular weight is 380 g/mol. The molecule has 0 aliphatic carbocycles. The van der Waals surface area contributed by atoms with Crippen LogP contribution < -0.4 is 10.1 Å². The fourth-order valence-corrected chi connectivity index (χ4v) is 3.42. The van der Waals surface area contributed by atoms with E-state index in [1.807, 2.05) is 24.3 Å². The second-order valence-electron chi connectivity index (χ2n) is 6.81. The van der Waals surface area contributed by atoms with Gasteiger partial charge in [0, 0.05) is 24.8 Å². The quantitative estimate of drug-likeness (QED) is 0.736. The van der Waals surface area contributed by atoms with Gasteiger partial charge in [0.05, 0.1) is 10.9 Å². The highest BCUT2D eigenvalue weighted by molar-refractivity contribution is 5.84. The van der Waals surface area contributed by atoms with Crippen molar-refractivity contribution in [1.29, 1.82) is 0 Å². The van der Waals surface area contributed by atoms with Gasteiger partial charge in [-0.15, -0.1) is 0 Å². The maximum Gasteiger partial charge on any atom is 0.260 e. The minimum absolute atomic E-state index is 0.0652. The minimum atomic E-state index is -0.264. The highest BCUT2D eigenvalue weighted by Gasteiger charge is 2.24. The number of nitrogens with one attached hydrogen (secondary N) is 1. The van der Waals surface area contributed by atoms with Crippen LogP contribution in [0, 0.1) is 5.82 Å². The molecule has 0 unspecified atom stereocenters. The SMILES string of the molecule is O=C(COc1ncnc2ccccc12)N1CCC[C@@H](Nc2ccc(F)cc2)C1. The van der Waals surface area contributed by atoms with Crippen LogP contribution in [-0.2, 0) is 4.79 Å². The molecule has 0 radical (unpaired) electrons. The van der Waals surface area contributed by atoms with E-state index >= 15 is 0 Å². The van der Waals surface area contributed by atoms with Crippen LogP contribution in [0.25, 0.3) is 10.9 Å². The van der Waals surface area contributed by atoms with Gasteiger partial charge in [0.2, 0.25) is 5.88 Å². The second-order valence-corrected chi connectivity index (χ2v) is 6.81. The van der Waals surface area contributed by atoms with Gasteiger partial charge in [-0.2, -0.15) is 0 Å². The molecular weight excluding hydrogens is 359 g/mol. The molecule has 1 aliphatic rings. The van der Waals surface area contributed by atoms with Crippen molar-refractivity contribution in [1.82, 2.24) is 14.9 Å². The normalized spacial score (nSPS) is 16.8. The number of halogens is 1. The van der Waals surface area contributed by atoms with Crippen LogP contribution in [0.1, 0.15) is 12.8 Å². The van der Waals surface area contributed by atoms with Crippen LogP contribution in [0.5, 0.6) is 5.88 Å².